The summed E-state index contributed by atoms with van der Waals surface area (Å²) in [7, 11) is 0. The Balaban J connectivity index is 2.73. The zero-order valence-electron chi connectivity index (χ0n) is 8.11. The minimum absolute atomic E-state index is 0.387. The lowest BCUT2D eigenvalue weighted by Crippen LogP contribution is -2.08. The molecule has 1 aromatic rings. The number of nitrogens with one attached hydrogen (secondary N) is 1. The predicted molar refractivity (Wildman–Crippen MR) is 61.3 cm³/mol. The molecular weight excluding hydrogens is 232 g/mol. The molecular formula is C10H9ClN2O3. The van der Waals surface area contributed by atoms with Gasteiger partial charge in [0.2, 0.25) is 5.91 Å². The van der Waals surface area contributed by atoms with Crippen molar-refractivity contribution in [2.24, 2.45) is 0 Å². The molecule has 1 rings (SSSR count). The maximum absolute atomic E-state index is 11.2. The van der Waals surface area contributed by atoms with Crippen LogP contribution < -0.4 is 11.1 Å². The van der Waals surface area contributed by atoms with Gasteiger partial charge in [0, 0.05) is 28.5 Å². The molecule has 84 valence electrons. The number of carbonyl (C=O) groups is 2. The van der Waals surface area contributed by atoms with E-state index in [0.717, 1.165) is 12.2 Å². The Kier molecular flexibility index (Phi) is 3.90. The Hall–Kier alpha value is -2.01. The molecule has 0 atom stereocenters. The minimum Gasteiger partial charge on any atom is -0.478 e. The van der Waals surface area contributed by atoms with E-state index in [1.807, 2.05) is 0 Å². The highest BCUT2D eigenvalue weighted by atomic mass is 35.5. The van der Waals surface area contributed by atoms with Crippen LogP contribution in [-0.4, -0.2) is 17.0 Å². The van der Waals surface area contributed by atoms with Crippen LogP contribution in [0.4, 0.5) is 11.4 Å². The highest BCUT2D eigenvalue weighted by molar-refractivity contribution is 6.31. The van der Waals surface area contributed by atoms with Crippen molar-refractivity contribution in [3.63, 3.8) is 0 Å². The number of carboxylic acids is 1. The summed E-state index contributed by atoms with van der Waals surface area (Å²) in [6.07, 6.45) is 1.64. The zero-order chi connectivity index (χ0) is 12.1. The van der Waals surface area contributed by atoms with Crippen LogP contribution in [0.25, 0.3) is 0 Å². The Morgan fingerprint density at radius 1 is 1.31 bits per heavy atom. The summed E-state index contributed by atoms with van der Waals surface area (Å²) >= 11 is 5.72. The monoisotopic (exact) mass is 240 g/mol. The van der Waals surface area contributed by atoms with Gasteiger partial charge < -0.3 is 16.2 Å². The van der Waals surface area contributed by atoms with Crippen LogP contribution in [-0.2, 0) is 9.59 Å². The number of hydrogen-bond acceptors (Lipinski definition) is 3. The molecule has 0 heterocycles. The normalized spacial score (nSPS) is 10.3. The Morgan fingerprint density at radius 3 is 2.56 bits per heavy atom. The fraction of sp³-hybridized carbons (Fsp3) is 0. The number of halogens is 1. The standard InChI is InChI=1S/C10H9ClN2O3/c11-6-3-7(12)5-8(4-6)13-9(14)1-2-10(15)16/h1-5H,12H2,(H,13,14)(H,15,16)/b2-1+. The van der Waals surface area contributed by atoms with Gasteiger partial charge in [-0.25, -0.2) is 4.79 Å². The van der Waals surface area contributed by atoms with Gasteiger partial charge in [0.25, 0.3) is 0 Å². The molecule has 0 aliphatic heterocycles. The summed E-state index contributed by atoms with van der Waals surface area (Å²) in [5.74, 6) is -1.76. The van der Waals surface area contributed by atoms with Gasteiger partial charge in [-0.05, 0) is 18.2 Å². The first-order valence-corrected chi connectivity index (χ1v) is 4.63. The number of aliphatic carboxylic acids is 1. The summed E-state index contributed by atoms with van der Waals surface area (Å²) in [6.45, 7) is 0. The van der Waals surface area contributed by atoms with Gasteiger partial charge in [0.1, 0.15) is 0 Å². The molecule has 0 aliphatic rings. The SMILES string of the molecule is Nc1cc(Cl)cc(NC(=O)/C=C/C(=O)O)c1. The van der Waals surface area contributed by atoms with E-state index in [0.29, 0.717) is 16.4 Å². The number of anilines is 2. The van der Waals surface area contributed by atoms with Gasteiger partial charge in [0.15, 0.2) is 0 Å². The molecule has 4 N–H and O–H groups in total. The average molecular weight is 241 g/mol. The first-order valence-electron chi connectivity index (χ1n) is 4.25. The molecule has 0 bridgehead atoms. The fourth-order valence-corrected chi connectivity index (χ4v) is 1.26. The third-order valence-corrected chi connectivity index (χ3v) is 1.78. The number of benzene rings is 1. The number of rotatable bonds is 3. The van der Waals surface area contributed by atoms with E-state index in [9.17, 15) is 9.59 Å². The number of carboxylic acid groups (broad SMARTS) is 1. The van der Waals surface area contributed by atoms with Gasteiger partial charge in [-0.1, -0.05) is 11.6 Å². The van der Waals surface area contributed by atoms with Crippen LogP contribution in [0.2, 0.25) is 5.02 Å². The van der Waals surface area contributed by atoms with Crippen molar-refractivity contribution in [1.82, 2.24) is 0 Å². The summed E-state index contributed by atoms with van der Waals surface area (Å²) in [5.41, 5.74) is 6.32. The molecule has 1 aromatic carbocycles. The summed E-state index contributed by atoms with van der Waals surface area (Å²) in [5, 5.41) is 11.1. The molecule has 0 aromatic heterocycles. The number of amides is 1. The molecule has 1 amide bonds. The van der Waals surface area contributed by atoms with Crippen molar-refractivity contribution >= 4 is 34.9 Å². The van der Waals surface area contributed by atoms with Crippen LogP contribution in [0.15, 0.2) is 30.4 Å². The number of hydrogen-bond donors (Lipinski definition) is 3. The largest absolute Gasteiger partial charge is 0.478 e. The Bertz CT molecular complexity index is 437. The van der Waals surface area contributed by atoms with Gasteiger partial charge in [-0.3, -0.25) is 4.79 Å². The first-order chi connectivity index (χ1) is 7.47. The highest BCUT2D eigenvalue weighted by Crippen LogP contribution is 2.20. The number of nitrogens with two attached hydrogens (primary N) is 1. The van der Waals surface area contributed by atoms with Crippen molar-refractivity contribution in [3.8, 4) is 0 Å². The van der Waals surface area contributed by atoms with Gasteiger partial charge in [-0.15, -0.1) is 0 Å². The second kappa shape index (κ2) is 5.18. The fourth-order valence-electron chi connectivity index (χ4n) is 1.02. The molecule has 0 saturated carbocycles. The van der Waals surface area contributed by atoms with E-state index in [2.05, 4.69) is 5.32 Å². The third kappa shape index (κ3) is 4.02. The van der Waals surface area contributed by atoms with Crippen molar-refractivity contribution < 1.29 is 14.7 Å². The van der Waals surface area contributed by atoms with E-state index in [1.165, 1.54) is 18.2 Å². The molecule has 16 heavy (non-hydrogen) atoms. The van der Waals surface area contributed by atoms with Crippen molar-refractivity contribution in [1.29, 1.82) is 0 Å². The quantitative estimate of drug-likeness (QED) is 0.551. The average Bonchev–Trinajstić information content (AvgIpc) is 2.12. The smallest absolute Gasteiger partial charge is 0.328 e. The first kappa shape index (κ1) is 12.1. The lowest BCUT2D eigenvalue weighted by molar-refractivity contribution is -0.131. The summed E-state index contributed by atoms with van der Waals surface area (Å²) < 4.78 is 0. The van der Waals surface area contributed by atoms with Crippen LogP contribution in [0, 0.1) is 0 Å². The lowest BCUT2D eigenvalue weighted by Gasteiger charge is -2.03. The number of nitrogen functional groups attached to an aromatic ring is 1. The Morgan fingerprint density at radius 2 is 2.00 bits per heavy atom. The van der Waals surface area contributed by atoms with Crippen LogP contribution in [0.5, 0.6) is 0 Å². The van der Waals surface area contributed by atoms with Gasteiger partial charge in [0.05, 0.1) is 0 Å². The van der Waals surface area contributed by atoms with E-state index in [-0.39, 0.29) is 0 Å². The zero-order valence-corrected chi connectivity index (χ0v) is 8.86. The number of carbonyl (C=O) groups excluding carboxylic acids is 1. The maximum Gasteiger partial charge on any atom is 0.328 e. The molecule has 6 heteroatoms. The highest BCUT2D eigenvalue weighted by Gasteiger charge is 2.01. The molecule has 0 aliphatic carbocycles. The van der Waals surface area contributed by atoms with Crippen molar-refractivity contribution in [2.45, 2.75) is 0 Å². The van der Waals surface area contributed by atoms with E-state index < -0.39 is 11.9 Å². The predicted octanol–water partition coefficient (Wildman–Crippen LogP) is 1.50. The van der Waals surface area contributed by atoms with Crippen molar-refractivity contribution in [2.75, 3.05) is 11.1 Å². The molecule has 0 spiro atoms. The minimum atomic E-state index is -1.19. The van der Waals surface area contributed by atoms with Gasteiger partial charge >= 0.3 is 5.97 Å². The van der Waals surface area contributed by atoms with Crippen LogP contribution >= 0.6 is 11.6 Å². The molecule has 0 saturated heterocycles. The topological polar surface area (TPSA) is 92.4 Å². The molecule has 0 fully saturated rings. The van der Waals surface area contributed by atoms with Crippen LogP contribution in [0.1, 0.15) is 0 Å². The summed E-state index contributed by atoms with van der Waals surface area (Å²) in [4.78, 5) is 21.4. The Labute approximate surface area is 96.5 Å². The van der Waals surface area contributed by atoms with E-state index in [1.54, 1.807) is 0 Å². The second-order valence-corrected chi connectivity index (χ2v) is 3.37. The van der Waals surface area contributed by atoms with Crippen molar-refractivity contribution in [3.05, 3.63) is 35.4 Å². The molecule has 5 nitrogen and oxygen atoms in total. The van der Waals surface area contributed by atoms with Crippen LogP contribution in [0.3, 0.4) is 0 Å². The van der Waals surface area contributed by atoms with E-state index in [4.69, 9.17) is 22.4 Å². The molecule has 0 unspecified atom stereocenters. The molecule has 0 radical (unpaired) electrons. The lowest BCUT2D eigenvalue weighted by atomic mass is 10.3. The summed E-state index contributed by atoms with van der Waals surface area (Å²) in [6, 6.07) is 4.55. The van der Waals surface area contributed by atoms with Gasteiger partial charge in [-0.2, -0.15) is 0 Å². The third-order valence-electron chi connectivity index (χ3n) is 1.56. The second-order valence-electron chi connectivity index (χ2n) is 2.93. The van der Waals surface area contributed by atoms with E-state index >= 15 is 0 Å². The maximum atomic E-state index is 11.2.